The molecule has 0 saturated carbocycles. The zero-order valence-corrected chi connectivity index (χ0v) is 13.0. The predicted octanol–water partition coefficient (Wildman–Crippen LogP) is 2.64. The second-order valence-corrected chi connectivity index (χ2v) is 6.29. The Bertz CT molecular complexity index is 770. The minimum Gasteiger partial charge on any atom is -0.358 e. The molecule has 0 aliphatic carbocycles. The van der Waals surface area contributed by atoms with E-state index in [4.69, 9.17) is 0 Å². The topological polar surface area (TPSA) is 33.1 Å². The van der Waals surface area contributed by atoms with Crippen LogP contribution in [0.25, 0.3) is 10.9 Å². The lowest BCUT2D eigenvalue weighted by atomic mass is 9.96. The first-order valence-corrected chi connectivity index (χ1v) is 8.16. The standard InChI is InChI=1S/C19H21N3/c1-14-18(16-8-2-3-9-17(16)21-14)19(22-11-4-5-12-22)15-7-6-10-20-13-15/h2-3,6-10,13,19,21H,4-5,11-12H2,1H3/p+1. The number of rotatable bonds is 3. The van der Waals surface area contributed by atoms with E-state index in [1.807, 2.05) is 12.4 Å². The van der Waals surface area contributed by atoms with Crippen molar-refractivity contribution in [3.05, 3.63) is 65.6 Å². The van der Waals surface area contributed by atoms with Gasteiger partial charge >= 0.3 is 0 Å². The molecule has 4 rings (SSSR count). The van der Waals surface area contributed by atoms with Gasteiger partial charge in [-0.1, -0.05) is 18.2 Å². The second kappa shape index (κ2) is 5.58. The van der Waals surface area contributed by atoms with Crippen LogP contribution in [-0.4, -0.2) is 23.1 Å². The van der Waals surface area contributed by atoms with Crippen LogP contribution in [0.5, 0.6) is 0 Å². The van der Waals surface area contributed by atoms with Crippen molar-refractivity contribution in [2.75, 3.05) is 13.1 Å². The summed E-state index contributed by atoms with van der Waals surface area (Å²) in [7, 11) is 0. The van der Waals surface area contributed by atoms with Crippen molar-refractivity contribution in [3.63, 3.8) is 0 Å². The lowest BCUT2D eigenvalue weighted by molar-refractivity contribution is -0.913. The smallest absolute Gasteiger partial charge is 0.143 e. The first-order valence-electron chi connectivity index (χ1n) is 8.16. The summed E-state index contributed by atoms with van der Waals surface area (Å²) < 4.78 is 0. The highest BCUT2D eigenvalue weighted by molar-refractivity contribution is 5.85. The molecule has 1 aliphatic rings. The molecule has 2 aromatic heterocycles. The van der Waals surface area contributed by atoms with Crippen LogP contribution in [0.15, 0.2) is 48.8 Å². The fourth-order valence-electron chi connectivity index (χ4n) is 3.94. The molecule has 112 valence electrons. The van der Waals surface area contributed by atoms with Gasteiger partial charge in [0, 0.05) is 53.0 Å². The molecule has 1 aliphatic heterocycles. The Morgan fingerprint density at radius 3 is 2.68 bits per heavy atom. The van der Waals surface area contributed by atoms with Gasteiger partial charge in [-0.15, -0.1) is 0 Å². The van der Waals surface area contributed by atoms with Gasteiger partial charge in [-0.3, -0.25) is 4.98 Å². The number of hydrogen-bond acceptors (Lipinski definition) is 1. The lowest BCUT2D eigenvalue weighted by Crippen LogP contribution is -3.10. The molecule has 3 heteroatoms. The third-order valence-electron chi connectivity index (χ3n) is 4.90. The van der Waals surface area contributed by atoms with Gasteiger partial charge in [0.25, 0.3) is 0 Å². The van der Waals surface area contributed by atoms with E-state index in [1.165, 1.54) is 53.7 Å². The summed E-state index contributed by atoms with van der Waals surface area (Å²) in [6.07, 6.45) is 6.56. The molecule has 0 bridgehead atoms. The molecule has 0 spiro atoms. The number of para-hydroxylation sites is 1. The molecule has 1 aromatic carbocycles. The van der Waals surface area contributed by atoms with Crippen LogP contribution in [0.1, 0.15) is 35.7 Å². The summed E-state index contributed by atoms with van der Waals surface area (Å²) in [6.45, 7) is 4.70. The highest BCUT2D eigenvalue weighted by atomic mass is 15.2. The minimum atomic E-state index is 0.382. The third kappa shape index (κ3) is 2.22. The Hall–Kier alpha value is -2.13. The zero-order chi connectivity index (χ0) is 14.9. The van der Waals surface area contributed by atoms with Crippen molar-refractivity contribution >= 4 is 10.9 Å². The highest BCUT2D eigenvalue weighted by Crippen LogP contribution is 2.30. The second-order valence-electron chi connectivity index (χ2n) is 6.29. The fourth-order valence-corrected chi connectivity index (χ4v) is 3.94. The van der Waals surface area contributed by atoms with E-state index in [-0.39, 0.29) is 0 Å². The Labute approximate surface area is 131 Å². The van der Waals surface area contributed by atoms with Crippen LogP contribution in [0.4, 0.5) is 0 Å². The maximum absolute atomic E-state index is 4.37. The van der Waals surface area contributed by atoms with E-state index in [0.717, 1.165) is 0 Å². The van der Waals surface area contributed by atoms with Crippen molar-refractivity contribution in [3.8, 4) is 0 Å². The Morgan fingerprint density at radius 2 is 1.91 bits per heavy atom. The van der Waals surface area contributed by atoms with Gasteiger partial charge in [0.05, 0.1) is 13.1 Å². The number of nitrogens with one attached hydrogen (secondary N) is 2. The number of H-pyrrole nitrogens is 1. The Kier molecular flexibility index (Phi) is 3.43. The first-order chi connectivity index (χ1) is 10.8. The number of aryl methyl sites for hydroxylation is 1. The molecule has 1 fully saturated rings. The van der Waals surface area contributed by atoms with E-state index >= 15 is 0 Å². The summed E-state index contributed by atoms with van der Waals surface area (Å²) in [5, 5.41) is 1.35. The Morgan fingerprint density at radius 1 is 1.09 bits per heavy atom. The molecule has 1 unspecified atom stereocenters. The normalized spacial score (nSPS) is 17.1. The van der Waals surface area contributed by atoms with Crippen molar-refractivity contribution in [2.24, 2.45) is 0 Å². The van der Waals surface area contributed by atoms with Crippen LogP contribution in [0.3, 0.4) is 0 Å². The summed E-state index contributed by atoms with van der Waals surface area (Å²) in [4.78, 5) is 9.61. The quantitative estimate of drug-likeness (QED) is 0.764. The van der Waals surface area contributed by atoms with Crippen LogP contribution in [0, 0.1) is 6.92 Å². The Balaban J connectivity index is 1.91. The average molecular weight is 292 g/mol. The molecule has 3 aromatic rings. The number of aromatic amines is 1. The number of hydrogen-bond donors (Lipinski definition) is 2. The number of benzene rings is 1. The maximum Gasteiger partial charge on any atom is 0.143 e. The van der Waals surface area contributed by atoms with Crippen LogP contribution >= 0.6 is 0 Å². The first kappa shape index (κ1) is 13.5. The van der Waals surface area contributed by atoms with Crippen molar-refractivity contribution in [1.82, 2.24) is 9.97 Å². The van der Waals surface area contributed by atoms with Gasteiger partial charge in [0.1, 0.15) is 6.04 Å². The molecule has 3 heterocycles. The van der Waals surface area contributed by atoms with Gasteiger partial charge in [-0.25, -0.2) is 0 Å². The molecule has 2 N–H and O–H groups in total. The molecule has 1 saturated heterocycles. The van der Waals surface area contributed by atoms with Crippen LogP contribution in [-0.2, 0) is 0 Å². The van der Waals surface area contributed by atoms with Gasteiger partial charge < -0.3 is 9.88 Å². The van der Waals surface area contributed by atoms with Crippen molar-refractivity contribution in [2.45, 2.75) is 25.8 Å². The molecular formula is C19H22N3+. The molecule has 0 amide bonds. The molecule has 3 nitrogen and oxygen atoms in total. The molecule has 0 radical (unpaired) electrons. The van der Waals surface area contributed by atoms with Gasteiger partial charge in [0.2, 0.25) is 0 Å². The van der Waals surface area contributed by atoms with Gasteiger partial charge in [0.15, 0.2) is 0 Å². The monoisotopic (exact) mass is 292 g/mol. The number of fused-ring (bicyclic) bond motifs is 1. The number of aromatic nitrogens is 2. The van der Waals surface area contributed by atoms with E-state index in [9.17, 15) is 0 Å². The maximum atomic E-state index is 4.37. The van der Waals surface area contributed by atoms with Crippen LogP contribution in [0.2, 0.25) is 0 Å². The number of likely N-dealkylation sites (tertiary alicyclic amines) is 1. The SMILES string of the molecule is Cc1[nH]c2ccccc2c1C(c1cccnc1)[NH+]1CCCC1. The van der Waals surface area contributed by atoms with Crippen molar-refractivity contribution < 1.29 is 4.90 Å². The highest BCUT2D eigenvalue weighted by Gasteiger charge is 2.32. The average Bonchev–Trinajstić information content (AvgIpc) is 3.18. The lowest BCUT2D eigenvalue weighted by Gasteiger charge is -2.25. The summed E-state index contributed by atoms with van der Waals surface area (Å²) >= 11 is 0. The fraction of sp³-hybridized carbons (Fsp3) is 0.316. The molecule has 22 heavy (non-hydrogen) atoms. The van der Waals surface area contributed by atoms with Crippen molar-refractivity contribution in [1.29, 1.82) is 0 Å². The zero-order valence-electron chi connectivity index (χ0n) is 13.0. The van der Waals surface area contributed by atoms with E-state index in [0.29, 0.717) is 6.04 Å². The number of pyridine rings is 1. The third-order valence-corrected chi connectivity index (χ3v) is 4.90. The van der Waals surface area contributed by atoms with Crippen LogP contribution < -0.4 is 4.90 Å². The summed E-state index contributed by atoms with van der Waals surface area (Å²) in [5.74, 6) is 0. The van der Waals surface area contributed by atoms with E-state index in [2.05, 4.69) is 53.3 Å². The van der Waals surface area contributed by atoms with Gasteiger partial charge in [-0.05, 0) is 25.1 Å². The number of quaternary nitrogens is 1. The number of nitrogens with zero attached hydrogens (tertiary/aromatic N) is 1. The minimum absolute atomic E-state index is 0.382. The summed E-state index contributed by atoms with van der Waals surface area (Å²) in [5.41, 5.74) is 5.30. The predicted molar refractivity (Wildman–Crippen MR) is 89.0 cm³/mol. The molecule has 1 atom stereocenters. The summed E-state index contributed by atoms with van der Waals surface area (Å²) in [6, 6.07) is 13.3. The van der Waals surface area contributed by atoms with E-state index in [1.54, 1.807) is 4.90 Å². The molecular weight excluding hydrogens is 270 g/mol. The largest absolute Gasteiger partial charge is 0.358 e. The van der Waals surface area contributed by atoms with E-state index < -0.39 is 0 Å². The van der Waals surface area contributed by atoms with Gasteiger partial charge in [-0.2, -0.15) is 0 Å².